The predicted molar refractivity (Wildman–Crippen MR) is 106 cm³/mol. The number of hydrogen-bond donors (Lipinski definition) is 2. The average Bonchev–Trinajstić information content (AvgIpc) is 2.65. The Bertz CT molecular complexity index is 862. The molecule has 1 aromatic heterocycles. The highest BCUT2D eigenvalue weighted by Gasteiger charge is 2.03. The van der Waals surface area contributed by atoms with Crippen LogP contribution in [0.3, 0.4) is 0 Å². The van der Waals surface area contributed by atoms with Crippen molar-refractivity contribution in [1.29, 1.82) is 0 Å². The van der Waals surface area contributed by atoms with Gasteiger partial charge in [-0.25, -0.2) is 4.98 Å². The monoisotopic (exact) mass is 348 g/mol. The van der Waals surface area contributed by atoms with Crippen molar-refractivity contribution < 1.29 is 4.74 Å². The molecule has 134 valence electrons. The zero-order valence-electron chi connectivity index (χ0n) is 15.4. The van der Waals surface area contributed by atoms with Gasteiger partial charge in [-0.05, 0) is 55.7 Å². The maximum atomic E-state index is 5.18. The van der Waals surface area contributed by atoms with Crippen molar-refractivity contribution in [3.8, 4) is 5.75 Å². The molecule has 2 aromatic carbocycles. The Kier molecular flexibility index (Phi) is 5.69. The first-order valence-electron chi connectivity index (χ1n) is 8.68. The van der Waals surface area contributed by atoms with Gasteiger partial charge in [0.05, 0.1) is 7.11 Å². The number of methoxy groups -OCH3 is 1. The van der Waals surface area contributed by atoms with E-state index in [0.717, 1.165) is 30.2 Å². The Morgan fingerprint density at radius 1 is 1.00 bits per heavy atom. The quantitative estimate of drug-likeness (QED) is 0.658. The lowest BCUT2D eigenvalue weighted by atomic mass is 10.1. The Morgan fingerprint density at radius 3 is 2.54 bits per heavy atom. The highest BCUT2D eigenvalue weighted by molar-refractivity contribution is 5.59. The Balaban J connectivity index is 1.58. The van der Waals surface area contributed by atoms with Crippen LogP contribution in [0.15, 0.2) is 54.7 Å². The highest BCUT2D eigenvalue weighted by atomic mass is 16.5. The van der Waals surface area contributed by atoms with E-state index in [1.54, 1.807) is 13.3 Å². The lowest BCUT2D eigenvalue weighted by Crippen LogP contribution is -2.08. The third-order valence-electron chi connectivity index (χ3n) is 4.16. The fourth-order valence-corrected chi connectivity index (χ4v) is 2.72. The molecule has 3 aromatic rings. The van der Waals surface area contributed by atoms with Crippen LogP contribution >= 0.6 is 0 Å². The summed E-state index contributed by atoms with van der Waals surface area (Å²) in [5.41, 5.74) is 4.68. The summed E-state index contributed by atoms with van der Waals surface area (Å²) in [7, 11) is 1.68. The van der Waals surface area contributed by atoms with Crippen LogP contribution in [-0.2, 0) is 6.42 Å². The van der Waals surface area contributed by atoms with Crippen LogP contribution in [0.1, 0.15) is 16.7 Å². The highest BCUT2D eigenvalue weighted by Crippen LogP contribution is 2.20. The molecule has 0 aliphatic carbocycles. The van der Waals surface area contributed by atoms with Gasteiger partial charge in [-0.15, -0.1) is 0 Å². The van der Waals surface area contributed by atoms with Gasteiger partial charge in [-0.3, -0.25) is 0 Å². The van der Waals surface area contributed by atoms with Crippen LogP contribution in [0.5, 0.6) is 5.75 Å². The van der Waals surface area contributed by atoms with Crippen LogP contribution in [0.4, 0.5) is 17.5 Å². The first kappa shape index (κ1) is 17.7. The van der Waals surface area contributed by atoms with Crippen molar-refractivity contribution in [2.45, 2.75) is 20.3 Å². The standard InChI is InChI=1S/C21H24N4O/c1-15-4-9-19(16(2)14-15)24-21-23-13-11-20(25-21)22-12-10-17-5-7-18(26-3)8-6-17/h4-9,11,13-14H,10,12H2,1-3H3,(H2,22,23,24,25). The molecule has 1 heterocycles. The minimum absolute atomic E-state index is 0.589. The van der Waals surface area contributed by atoms with Gasteiger partial charge in [0.2, 0.25) is 5.95 Å². The molecule has 26 heavy (non-hydrogen) atoms. The summed E-state index contributed by atoms with van der Waals surface area (Å²) in [5.74, 6) is 2.27. The topological polar surface area (TPSA) is 59.1 Å². The van der Waals surface area contributed by atoms with E-state index in [0.29, 0.717) is 5.95 Å². The number of anilines is 3. The molecule has 0 atom stereocenters. The maximum absolute atomic E-state index is 5.18. The van der Waals surface area contributed by atoms with E-state index in [9.17, 15) is 0 Å². The van der Waals surface area contributed by atoms with Gasteiger partial charge in [0.25, 0.3) is 0 Å². The van der Waals surface area contributed by atoms with E-state index in [2.05, 4.69) is 64.8 Å². The Hall–Kier alpha value is -3.08. The lowest BCUT2D eigenvalue weighted by molar-refractivity contribution is 0.414. The van der Waals surface area contributed by atoms with Gasteiger partial charge in [0, 0.05) is 18.4 Å². The third-order valence-corrected chi connectivity index (χ3v) is 4.16. The van der Waals surface area contributed by atoms with Gasteiger partial charge in [0.1, 0.15) is 11.6 Å². The SMILES string of the molecule is COc1ccc(CCNc2ccnc(Nc3ccc(C)cc3C)n2)cc1. The molecule has 0 fully saturated rings. The summed E-state index contributed by atoms with van der Waals surface area (Å²) >= 11 is 0. The number of ether oxygens (including phenoxy) is 1. The minimum Gasteiger partial charge on any atom is -0.497 e. The summed E-state index contributed by atoms with van der Waals surface area (Å²) in [6, 6.07) is 16.3. The van der Waals surface area contributed by atoms with Crippen molar-refractivity contribution in [3.05, 3.63) is 71.4 Å². The summed E-state index contributed by atoms with van der Waals surface area (Å²) < 4.78 is 5.18. The molecule has 0 aliphatic rings. The molecule has 5 nitrogen and oxygen atoms in total. The first-order chi connectivity index (χ1) is 12.6. The molecule has 2 N–H and O–H groups in total. The van der Waals surface area contributed by atoms with Crippen molar-refractivity contribution in [3.63, 3.8) is 0 Å². The molecule has 0 saturated heterocycles. The molecule has 0 spiro atoms. The molecule has 5 heteroatoms. The van der Waals surface area contributed by atoms with E-state index >= 15 is 0 Å². The van der Waals surface area contributed by atoms with Gasteiger partial charge in [-0.2, -0.15) is 4.98 Å². The maximum Gasteiger partial charge on any atom is 0.229 e. The number of nitrogens with zero attached hydrogens (tertiary/aromatic N) is 2. The van der Waals surface area contributed by atoms with Gasteiger partial charge < -0.3 is 15.4 Å². The van der Waals surface area contributed by atoms with E-state index in [4.69, 9.17) is 4.74 Å². The van der Waals surface area contributed by atoms with Gasteiger partial charge in [-0.1, -0.05) is 29.8 Å². The summed E-state index contributed by atoms with van der Waals surface area (Å²) in [4.78, 5) is 8.84. The molecule has 0 bridgehead atoms. The summed E-state index contributed by atoms with van der Waals surface area (Å²) in [6.07, 6.45) is 2.67. The normalized spacial score (nSPS) is 10.4. The van der Waals surface area contributed by atoms with Crippen molar-refractivity contribution in [1.82, 2.24) is 9.97 Å². The van der Waals surface area contributed by atoms with Crippen molar-refractivity contribution in [2.75, 3.05) is 24.3 Å². The van der Waals surface area contributed by atoms with Crippen LogP contribution in [0, 0.1) is 13.8 Å². The Morgan fingerprint density at radius 2 is 1.81 bits per heavy atom. The molecule has 0 amide bonds. The fourth-order valence-electron chi connectivity index (χ4n) is 2.72. The minimum atomic E-state index is 0.589. The molecule has 0 radical (unpaired) electrons. The van der Waals surface area contributed by atoms with E-state index < -0.39 is 0 Å². The van der Waals surface area contributed by atoms with Gasteiger partial charge >= 0.3 is 0 Å². The van der Waals surface area contributed by atoms with Crippen molar-refractivity contribution in [2.24, 2.45) is 0 Å². The molecule has 0 aliphatic heterocycles. The Labute approximate surface area is 154 Å². The number of rotatable bonds is 7. The molecular formula is C21H24N4O. The smallest absolute Gasteiger partial charge is 0.229 e. The van der Waals surface area contributed by atoms with E-state index in [-0.39, 0.29) is 0 Å². The van der Waals surface area contributed by atoms with Crippen LogP contribution in [-0.4, -0.2) is 23.6 Å². The number of aryl methyl sites for hydroxylation is 2. The lowest BCUT2D eigenvalue weighted by Gasteiger charge is -2.11. The zero-order valence-corrected chi connectivity index (χ0v) is 15.4. The second-order valence-electron chi connectivity index (χ2n) is 6.23. The molecule has 3 rings (SSSR count). The summed E-state index contributed by atoms with van der Waals surface area (Å²) in [5, 5.41) is 6.63. The van der Waals surface area contributed by atoms with Crippen LogP contribution < -0.4 is 15.4 Å². The number of benzene rings is 2. The zero-order chi connectivity index (χ0) is 18.4. The average molecular weight is 348 g/mol. The molecular weight excluding hydrogens is 324 g/mol. The van der Waals surface area contributed by atoms with Crippen LogP contribution in [0.25, 0.3) is 0 Å². The third kappa shape index (κ3) is 4.72. The predicted octanol–water partition coefficient (Wildman–Crippen LogP) is 4.50. The second-order valence-corrected chi connectivity index (χ2v) is 6.23. The number of hydrogen-bond acceptors (Lipinski definition) is 5. The van der Waals surface area contributed by atoms with Crippen LogP contribution in [0.2, 0.25) is 0 Å². The number of nitrogens with one attached hydrogen (secondary N) is 2. The first-order valence-corrected chi connectivity index (χ1v) is 8.68. The van der Waals surface area contributed by atoms with E-state index in [1.807, 2.05) is 18.2 Å². The van der Waals surface area contributed by atoms with E-state index in [1.165, 1.54) is 16.7 Å². The molecule has 0 saturated carbocycles. The largest absolute Gasteiger partial charge is 0.497 e. The summed E-state index contributed by atoms with van der Waals surface area (Å²) in [6.45, 7) is 4.96. The number of aromatic nitrogens is 2. The molecule has 0 unspecified atom stereocenters. The fraction of sp³-hybridized carbons (Fsp3) is 0.238. The van der Waals surface area contributed by atoms with Crippen molar-refractivity contribution >= 4 is 17.5 Å². The second kappa shape index (κ2) is 8.34. The van der Waals surface area contributed by atoms with Gasteiger partial charge in [0.15, 0.2) is 0 Å².